The van der Waals surface area contributed by atoms with Gasteiger partial charge in [-0.15, -0.1) is 0 Å². The third kappa shape index (κ3) is 5.28. The first-order valence-electron chi connectivity index (χ1n) is 5.43. The molecule has 17 heavy (non-hydrogen) atoms. The molecule has 96 valence electrons. The molecule has 0 heterocycles. The van der Waals surface area contributed by atoms with Crippen molar-refractivity contribution in [3.63, 3.8) is 0 Å². The second-order valence-corrected chi connectivity index (χ2v) is 6.00. The van der Waals surface area contributed by atoms with Gasteiger partial charge < -0.3 is 5.32 Å². The SMILES string of the molecule is CCCCNc1ccc(NS(C)(=O)=O)c(Cl)c1. The van der Waals surface area contributed by atoms with Gasteiger partial charge in [0.2, 0.25) is 10.0 Å². The minimum absolute atomic E-state index is 0.386. The number of rotatable bonds is 6. The van der Waals surface area contributed by atoms with Gasteiger partial charge in [-0.2, -0.15) is 0 Å². The van der Waals surface area contributed by atoms with Gasteiger partial charge in [0, 0.05) is 12.2 Å². The molecule has 0 saturated heterocycles. The van der Waals surface area contributed by atoms with Gasteiger partial charge in [0.15, 0.2) is 0 Å². The van der Waals surface area contributed by atoms with Crippen LogP contribution in [0.25, 0.3) is 0 Å². The van der Waals surface area contributed by atoms with Crippen LogP contribution in [0, 0.1) is 0 Å². The van der Waals surface area contributed by atoms with Crippen molar-refractivity contribution in [3.8, 4) is 0 Å². The molecule has 0 aliphatic rings. The maximum Gasteiger partial charge on any atom is 0.229 e. The second kappa shape index (κ2) is 6.12. The monoisotopic (exact) mass is 276 g/mol. The Labute approximate surface area is 107 Å². The minimum Gasteiger partial charge on any atom is -0.385 e. The first kappa shape index (κ1) is 14.1. The van der Waals surface area contributed by atoms with Crippen molar-refractivity contribution in [1.29, 1.82) is 0 Å². The van der Waals surface area contributed by atoms with E-state index in [0.717, 1.165) is 31.3 Å². The quantitative estimate of drug-likeness (QED) is 0.786. The fourth-order valence-corrected chi connectivity index (χ4v) is 2.18. The standard InChI is InChI=1S/C11H17ClN2O2S/c1-3-4-7-13-9-5-6-11(10(12)8-9)14-17(2,15)16/h5-6,8,13-14H,3-4,7H2,1-2H3. The second-order valence-electron chi connectivity index (χ2n) is 3.85. The van der Waals surface area contributed by atoms with Gasteiger partial charge in [0.05, 0.1) is 17.0 Å². The summed E-state index contributed by atoms with van der Waals surface area (Å²) in [6.45, 7) is 3.00. The number of nitrogens with one attached hydrogen (secondary N) is 2. The van der Waals surface area contributed by atoms with Gasteiger partial charge in [0.1, 0.15) is 0 Å². The Morgan fingerprint density at radius 1 is 1.35 bits per heavy atom. The number of halogens is 1. The van der Waals surface area contributed by atoms with Crippen LogP contribution in [0.4, 0.5) is 11.4 Å². The Morgan fingerprint density at radius 3 is 2.59 bits per heavy atom. The zero-order chi connectivity index (χ0) is 12.9. The minimum atomic E-state index is -3.29. The highest BCUT2D eigenvalue weighted by atomic mass is 35.5. The highest BCUT2D eigenvalue weighted by molar-refractivity contribution is 7.92. The van der Waals surface area contributed by atoms with E-state index >= 15 is 0 Å². The highest BCUT2D eigenvalue weighted by Gasteiger charge is 2.06. The molecule has 0 fully saturated rings. The lowest BCUT2D eigenvalue weighted by atomic mass is 10.2. The summed E-state index contributed by atoms with van der Waals surface area (Å²) in [5.74, 6) is 0. The molecule has 0 bridgehead atoms. The van der Waals surface area contributed by atoms with Crippen LogP contribution in [0.2, 0.25) is 5.02 Å². The van der Waals surface area contributed by atoms with E-state index < -0.39 is 10.0 Å². The van der Waals surface area contributed by atoms with E-state index in [0.29, 0.717) is 10.7 Å². The van der Waals surface area contributed by atoms with Gasteiger partial charge in [-0.3, -0.25) is 4.72 Å². The van der Waals surface area contributed by atoms with E-state index in [1.807, 2.05) is 0 Å². The normalized spacial score (nSPS) is 11.2. The van der Waals surface area contributed by atoms with Crippen LogP contribution in [0.5, 0.6) is 0 Å². The lowest BCUT2D eigenvalue weighted by molar-refractivity contribution is 0.607. The number of benzene rings is 1. The molecule has 0 aliphatic heterocycles. The molecular weight excluding hydrogens is 260 g/mol. The van der Waals surface area contributed by atoms with Crippen molar-refractivity contribution < 1.29 is 8.42 Å². The van der Waals surface area contributed by atoms with Crippen LogP contribution < -0.4 is 10.0 Å². The Bertz CT molecular complexity index is 474. The lowest BCUT2D eigenvalue weighted by Crippen LogP contribution is -2.10. The van der Waals surface area contributed by atoms with Crippen LogP contribution in [0.3, 0.4) is 0 Å². The van der Waals surface area contributed by atoms with Crippen molar-refractivity contribution >= 4 is 33.0 Å². The van der Waals surface area contributed by atoms with E-state index in [1.54, 1.807) is 18.2 Å². The van der Waals surface area contributed by atoms with Gasteiger partial charge in [-0.05, 0) is 24.6 Å². The fourth-order valence-electron chi connectivity index (χ4n) is 1.32. The molecule has 0 aromatic heterocycles. The number of unbranched alkanes of at least 4 members (excludes halogenated alkanes) is 1. The van der Waals surface area contributed by atoms with Crippen molar-refractivity contribution in [2.75, 3.05) is 22.8 Å². The molecule has 1 aromatic carbocycles. The Balaban J connectivity index is 2.72. The largest absolute Gasteiger partial charge is 0.385 e. The van der Waals surface area contributed by atoms with Crippen molar-refractivity contribution in [3.05, 3.63) is 23.2 Å². The van der Waals surface area contributed by atoms with Crippen LogP contribution in [0.15, 0.2) is 18.2 Å². The summed E-state index contributed by atoms with van der Waals surface area (Å²) in [6.07, 6.45) is 3.30. The summed E-state index contributed by atoms with van der Waals surface area (Å²) < 4.78 is 24.5. The van der Waals surface area contributed by atoms with E-state index in [2.05, 4.69) is 17.0 Å². The van der Waals surface area contributed by atoms with E-state index in [4.69, 9.17) is 11.6 Å². The molecule has 0 atom stereocenters. The van der Waals surface area contributed by atoms with Gasteiger partial charge in [0.25, 0.3) is 0 Å². The first-order chi connectivity index (χ1) is 7.92. The molecule has 4 nitrogen and oxygen atoms in total. The van der Waals surface area contributed by atoms with Gasteiger partial charge >= 0.3 is 0 Å². The van der Waals surface area contributed by atoms with E-state index in [9.17, 15) is 8.42 Å². The third-order valence-corrected chi connectivity index (χ3v) is 3.03. The molecule has 6 heteroatoms. The van der Waals surface area contributed by atoms with E-state index in [-0.39, 0.29) is 0 Å². The number of sulfonamides is 1. The Kier molecular flexibility index (Phi) is 5.08. The van der Waals surface area contributed by atoms with Gasteiger partial charge in [-0.25, -0.2) is 8.42 Å². The molecule has 1 aromatic rings. The summed E-state index contributed by atoms with van der Waals surface area (Å²) in [6, 6.07) is 5.16. The predicted molar refractivity (Wildman–Crippen MR) is 73.3 cm³/mol. The smallest absolute Gasteiger partial charge is 0.229 e. The summed E-state index contributed by atoms with van der Waals surface area (Å²) >= 11 is 5.98. The summed E-state index contributed by atoms with van der Waals surface area (Å²) in [5, 5.41) is 3.60. The maximum absolute atomic E-state index is 11.1. The first-order valence-corrected chi connectivity index (χ1v) is 7.70. The molecule has 1 rings (SSSR count). The van der Waals surface area contributed by atoms with Crippen LogP contribution >= 0.6 is 11.6 Å². The number of hydrogen-bond donors (Lipinski definition) is 2. The van der Waals surface area contributed by atoms with Crippen LogP contribution in [-0.2, 0) is 10.0 Å². The molecule has 0 amide bonds. The molecule has 0 saturated carbocycles. The Hall–Kier alpha value is -0.940. The van der Waals surface area contributed by atoms with Crippen molar-refractivity contribution in [2.24, 2.45) is 0 Å². The van der Waals surface area contributed by atoms with Crippen LogP contribution in [-0.4, -0.2) is 21.2 Å². The molecule has 0 unspecified atom stereocenters. The molecule has 0 aliphatic carbocycles. The third-order valence-electron chi connectivity index (χ3n) is 2.12. The summed E-state index contributed by atoms with van der Waals surface area (Å²) in [7, 11) is -3.29. The van der Waals surface area contributed by atoms with Crippen molar-refractivity contribution in [2.45, 2.75) is 19.8 Å². The molecule has 0 radical (unpaired) electrons. The highest BCUT2D eigenvalue weighted by Crippen LogP contribution is 2.26. The fraction of sp³-hybridized carbons (Fsp3) is 0.455. The van der Waals surface area contributed by atoms with E-state index in [1.165, 1.54) is 0 Å². The summed E-state index contributed by atoms with van der Waals surface area (Å²) in [4.78, 5) is 0. The van der Waals surface area contributed by atoms with Crippen molar-refractivity contribution in [1.82, 2.24) is 0 Å². The number of anilines is 2. The molecule has 0 spiro atoms. The number of hydrogen-bond acceptors (Lipinski definition) is 3. The average Bonchev–Trinajstić information content (AvgIpc) is 2.21. The predicted octanol–water partition coefficient (Wildman–Crippen LogP) is 2.92. The van der Waals surface area contributed by atoms with Gasteiger partial charge in [-0.1, -0.05) is 24.9 Å². The maximum atomic E-state index is 11.1. The molecular formula is C11H17ClN2O2S. The zero-order valence-electron chi connectivity index (χ0n) is 9.96. The molecule has 2 N–H and O–H groups in total. The average molecular weight is 277 g/mol. The summed E-state index contributed by atoms with van der Waals surface area (Å²) in [5.41, 5.74) is 1.29. The van der Waals surface area contributed by atoms with Crippen LogP contribution in [0.1, 0.15) is 19.8 Å². The topological polar surface area (TPSA) is 58.2 Å². The lowest BCUT2D eigenvalue weighted by Gasteiger charge is -2.09. The Morgan fingerprint density at radius 2 is 2.06 bits per heavy atom. The zero-order valence-corrected chi connectivity index (χ0v) is 11.5.